The summed E-state index contributed by atoms with van der Waals surface area (Å²) in [4.78, 5) is 31.9. The van der Waals surface area contributed by atoms with E-state index in [2.05, 4.69) is 11.9 Å². The van der Waals surface area contributed by atoms with Crippen LogP contribution in [0.1, 0.15) is 34.6 Å². The molecule has 0 aliphatic carbocycles. The number of amides is 2. The van der Waals surface area contributed by atoms with Crippen molar-refractivity contribution in [2.24, 2.45) is 0 Å². The average Bonchev–Trinajstić information content (AvgIpc) is 3.78. The number of fused-ring (bicyclic) bond motifs is 3. The number of carbonyl (C=O) groups excluding carboxylic acids is 2. The van der Waals surface area contributed by atoms with E-state index in [-0.39, 0.29) is 42.4 Å². The number of nitrogens with zero attached hydrogens (tertiary/aromatic N) is 4. The first-order valence-corrected chi connectivity index (χ1v) is 15.2. The summed E-state index contributed by atoms with van der Waals surface area (Å²) in [6.45, 7) is 6.30. The molecule has 5 heterocycles. The van der Waals surface area contributed by atoms with Crippen molar-refractivity contribution in [2.75, 3.05) is 19.8 Å². The Hall–Kier alpha value is -4.94. The molecular weight excluding hydrogens is 600 g/mol. The van der Waals surface area contributed by atoms with Crippen LogP contribution in [0.15, 0.2) is 60.5 Å². The first-order chi connectivity index (χ1) is 21.8. The van der Waals surface area contributed by atoms with Gasteiger partial charge in [-0.1, -0.05) is 18.7 Å². The number of hydrogen-bond acceptors (Lipinski definition) is 7. The van der Waals surface area contributed by atoms with E-state index < -0.39 is 11.6 Å². The number of rotatable bonds is 7. The number of ether oxygens (including phenoxy) is 1. The number of aromatic nitrogens is 3. The molecule has 12 heteroatoms. The van der Waals surface area contributed by atoms with Crippen LogP contribution in [0.5, 0.6) is 5.75 Å². The standard InChI is InChI=1S/C33H27F2N5O4S/c1-3-27(42)39-7-8-40-25(17(39)2)15-24(38-40)31-29(28-23(35)13-20(34)14-26(28)44-10-9-41)32-21(6-11-45-32)30(37-31)18-4-5-19-16-36-33(43)22(19)12-18/h3-6,11-15,17,41H,1,7-10,16H2,2H3,(H,36,43)/t17-/m1/s1. The van der Waals surface area contributed by atoms with Gasteiger partial charge in [0.1, 0.15) is 35.4 Å². The summed E-state index contributed by atoms with van der Waals surface area (Å²) in [6, 6.07) is 10.8. The molecule has 2 aliphatic heterocycles. The molecule has 0 saturated heterocycles. The molecule has 0 radical (unpaired) electrons. The topological polar surface area (TPSA) is 110 Å². The summed E-state index contributed by atoms with van der Waals surface area (Å²) in [7, 11) is 0. The Balaban J connectivity index is 1.51. The normalized spacial score (nSPS) is 15.6. The zero-order chi connectivity index (χ0) is 31.4. The molecule has 0 spiro atoms. The van der Waals surface area contributed by atoms with Crippen molar-refractivity contribution < 1.29 is 28.2 Å². The molecule has 9 nitrogen and oxygen atoms in total. The largest absolute Gasteiger partial charge is 0.490 e. The Bertz CT molecular complexity index is 2040. The van der Waals surface area contributed by atoms with E-state index in [1.807, 2.05) is 36.6 Å². The van der Waals surface area contributed by atoms with Gasteiger partial charge in [0, 0.05) is 52.0 Å². The number of thiophene rings is 1. The molecule has 0 bridgehead atoms. The molecule has 0 saturated carbocycles. The van der Waals surface area contributed by atoms with E-state index in [0.717, 1.165) is 23.4 Å². The molecule has 45 heavy (non-hydrogen) atoms. The molecule has 228 valence electrons. The fourth-order valence-corrected chi connectivity index (χ4v) is 7.07. The Morgan fingerprint density at radius 1 is 1.18 bits per heavy atom. The monoisotopic (exact) mass is 627 g/mol. The molecule has 2 aromatic carbocycles. The number of nitrogens with one attached hydrogen (secondary N) is 1. The molecule has 2 N–H and O–H groups in total. The second-order valence-electron chi connectivity index (χ2n) is 10.8. The van der Waals surface area contributed by atoms with E-state index in [9.17, 15) is 19.1 Å². The zero-order valence-electron chi connectivity index (χ0n) is 24.1. The van der Waals surface area contributed by atoms with Crippen LogP contribution in [0.25, 0.3) is 43.9 Å². The molecule has 0 unspecified atom stereocenters. The summed E-state index contributed by atoms with van der Waals surface area (Å²) >= 11 is 1.36. The molecular formula is C33H27F2N5O4S. The van der Waals surface area contributed by atoms with E-state index in [0.29, 0.717) is 63.5 Å². The third-order valence-electron chi connectivity index (χ3n) is 8.25. The zero-order valence-corrected chi connectivity index (χ0v) is 25.0. The second kappa shape index (κ2) is 11.2. The first kappa shape index (κ1) is 28.8. The Morgan fingerprint density at radius 3 is 2.82 bits per heavy atom. The summed E-state index contributed by atoms with van der Waals surface area (Å²) in [6.07, 6.45) is 1.28. The lowest BCUT2D eigenvalue weighted by atomic mass is 9.95. The summed E-state index contributed by atoms with van der Waals surface area (Å²) < 4.78 is 38.5. The lowest BCUT2D eigenvalue weighted by Crippen LogP contribution is -2.40. The second-order valence-corrected chi connectivity index (χ2v) is 11.7. The number of benzene rings is 2. The highest BCUT2D eigenvalue weighted by atomic mass is 32.1. The Kier molecular flexibility index (Phi) is 7.17. The molecule has 2 amide bonds. The van der Waals surface area contributed by atoms with Gasteiger partial charge in [0.25, 0.3) is 5.91 Å². The van der Waals surface area contributed by atoms with Gasteiger partial charge >= 0.3 is 0 Å². The Morgan fingerprint density at radius 2 is 2.02 bits per heavy atom. The smallest absolute Gasteiger partial charge is 0.251 e. The van der Waals surface area contributed by atoms with Crippen LogP contribution in [-0.4, -0.2) is 56.3 Å². The van der Waals surface area contributed by atoms with E-state index in [1.54, 1.807) is 15.6 Å². The van der Waals surface area contributed by atoms with E-state index in [1.165, 1.54) is 17.4 Å². The van der Waals surface area contributed by atoms with Crippen LogP contribution in [0.2, 0.25) is 0 Å². The van der Waals surface area contributed by atoms with Gasteiger partial charge in [-0.05, 0) is 42.1 Å². The van der Waals surface area contributed by atoms with Crippen molar-refractivity contribution in [1.82, 2.24) is 25.0 Å². The fourth-order valence-electron chi connectivity index (χ4n) is 6.12. The third kappa shape index (κ3) is 4.77. The number of aliphatic hydroxyl groups is 1. The molecule has 2 aliphatic rings. The van der Waals surface area contributed by atoms with Crippen LogP contribution in [-0.2, 0) is 17.9 Å². The molecule has 3 aromatic heterocycles. The quantitative estimate of drug-likeness (QED) is 0.232. The number of carbonyl (C=O) groups is 2. The third-order valence-corrected chi connectivity index (χ3v) is 9.18. The van der Waals surface area contributed by atoms with Crippen LogP contribution >= 0.6 is 11.3 Å². The molecule has 1 atom stereocenters. The number of aliphatic hydroxyl groups excluding tert-OH is 1. The van der Waals surface area contributed by atoms with Crippen LogP contribution < -0.4 is 10.1 Å². The molecule has 0 fully saturated rings. The number of pyridine rings is 1. The number of halogens is 2. The van der Waals surface area contributed by atoms with Gasteiger partial charge in [-0.3, -0.25) is 14.3 Å². The van der Waals surface area contributed by atoms with Crippen LogP contribution in [0.4, 0.5) is 8.78 Å². The maximum Gasteiger partial charge on any atom is 0.251 e. The van der Waals surface area contributed by atoms with Crippen LogP contribution in [0, 0.1) is 11.6 Å². The van der Waals surface area contributed by atoms with Gasteiger partial charge in [-0.25, -0.2) is 13.8 Å². The highest BCUT2D eigenvalue weighted by Gasteiger charge is 2.31. The van der Waals surface area contributed by atoms with Crippen molar-refractivity contribution in [3.05, 3.63) is 89.0 Å². The van der Waals surface area contributed by atoms with Crippen molar-refractivity contribution >= 4 is 33.2 Å². The summed E-state index contributed by atoms with van der Waals surface area (Å²) in [5.41, 5.74) is 4.55. The van der Waals surface area contributed by atoms with Crippen molar-refractivity contribution in [3.63, 3.8) is 0 Å². The lowest BCUT2D eigenvalue weighted by Gasteiger charge is -2.33. The van der Waals surface area contributed by atoms with Crippen LogP contribution in [0.3, 0.4) is 0 Å². The Labute approximate surface area is 260 Å². The highest BCUT2D eigenvalue weighted by molar-refractivity contribution is 7.18. The van der Waals surface area contributed by atoms with Gasteiger partial charge in [-0.2, -0.15) is 5.10 Å². The minimum Gasteiger partial charge on any atom is -0.490 e. The minimum absolute atomic E-state index is 0.0119. The predicted molar refractivity (Wildman–Crippen MR) is 166 cm³/mol. The minimum atomic E-state index is -0.859. The molecule has 5 aromatic rings. The fraction of sp³-hybridized carbons (Fsp3) is 0.212. The number of hydrogen-bond donors (Lipinski definition) is 2. The maximum atomic E-state index is 15.9. The predicted octanol–water partition coefficient (Wildman–Crippen LogP) is 5.48. The maximum absolute atomic E-state index is 15.9. The van der Waals surface area contributed by atoms with Gasteiger partial charge < -0.3 is 20.1 Å². The van der Waals surface area contributed by atoms with E-state index in [4.69, 9.17) is 14.8 Å². The van der Waals surface area contributed by atoms with Crippen molar-refractivity contribution in [2.45, 2.75) is 26.1 Å². The van der Waals surface area contributed by atoms with Gasteiger partial charge in [-0.15, -0.1) is 11.3 Å². The van der Waals surface area contributed by atoms with Crippen molar-refractivity contribution in [1.29, 1.82) is 0 Å². The molecule has 7 rings (SSSR count). The SMILES string of the molecule is C=CC(=O)N1CCn2nc(-c3nc(-c4ccc5c(c4)C(=O)NC5)c4ccsc4c3-c3c(F)cc(F)cc3OCCO)cc2[C@H]1C. The van der Waals surface area contributed by atoms with Gasteiger partial charge in [0.15, 0.2) is 0 Å². The first-order valence-electron chi connectivity index (χ1n) is 14.4. The summed E-state index contributed by atoms with van der Waals surface area (Å²) in [5.74, 6) is -2.13. The van der Waals surface area contributed by atoms with Gasteiger partial charge in [0.05, 0.1) is 36.1 Å². The summed E-state index contributed by atoms with van der Waals surface area (Å²) in [5, 5.41) is 19.7. The van der Waals surface area contributed by atoms with Crippen molar-refractivity contribution in [3.8, 4) is 39.5 Å². The average molecular weight is 628 g/mol. The van der Waals surface area contributed by atoms with E-state index >= 15 is 4.39 Å². The lowest BCUT2D eigenvalue weighted by molar-refractivity contribution is -0.129. The van der Waals surface area contributed by atoms with Gasteiger partial charge in [0.2, 0.25) is 5.91 Å². The highest BCUT2D eigenvalue weighted by Crippen LogP contribution is 2.47.